The van der Waals surface area contributed by atoms with Gasteiger partial charge in [-0.15, -0.1) is 5.10 Å². The zero-order chi connectivity index (χ0) is 12.8. The molecule has 1 aliphatic carbocycles. The molecule has 1 aromatic heterocycles. The minimum atomic E-state index is -0.241. The molecule has 0 unspecified atom stereocenters. The van der Waals surface area contributed by atoms with Crippen molar-refractivity contribution in [1.82, 2.24) is 15.0 Å². The lowest BCUT2D eigenvalue weighted by atomic mass is 9.95. The van der Waals surface area contributed by atoms with Crippen molar-refractivity contribution in [2.24, 2.45) is 0 Å². The number of rotatable bonds is 2. The molecule has 2 fully saturated rings. The van der Waals surface area contributed by atoms with Crippen LogP contribution in [0.3, 0.4) is 0 Å². The molecule has 1 saturated heterocycles. The SMILES string of the molecule is Fc1cccc(-c2cnnn2[C@H]2CCC[C@@H]3O[C@@H]32)c1. The second kappa shape index (κ2) is 4.13. The summed E-state index contributed by atoms with van der Waals surface area (Å²) in [6, 6.07) is 6.78. The fourth-order valence-electron chi connectivity index (χ4n) is 3.02. The summed E-state index contributed by atoms with van der Waals surface area (Å²) >= 11 is 0. The molecule has 1 saturated carbocycles. The highest BCUT2D eigenvalue weighted by Crippen LogP contribution is 2.44. The highest BCUT2D eigenvalue weighted by molar-refractivity contribution is 5.58. The quantitative estimate of drug-likeness (QED) is 0.778. The summed E-state index contributed by atoms with van der Waals surface area (Å²) < 4.78 is 20.9. The predicted octanol–water partition coefficient (Wildman–Crippen LogP) is 2.58. The standard InChI is InChI=1S/C14H14FN3O/c15-10-4-1-3-9(7-10)12-8-16-17-18(12)11-5-2-6-13-14(11)19-13/h1,3-4,7-8,11,13-14H,2,5-6H2/t11-,13-,14+/m0/s1. The summed E-state index contributed by atoms with van der Waals surface area (Å²) in [5, 5.41) is 8.18. The summed E-state index contributed by atoms with van der Waals surface area (Å²) in [4.78, 5) is 0. The van der Waals surface area contributed by atoms with Crippen molar-refractivity contribution in [3.05, 3.63) is 36.3 Å². The molecule has 0 spiro atoms. The molecular weight excluding hydrogens is 245 g/mol. The number of epoxide rings is 1. The van der Waals surface area contributed by atoms with Gasteiger partial charge in [0.15, 0.2) is 0 Å². The van der Waals surface area contributed by atoms with E-state index in [1.54, 1.807) is 12.3 Å². The Kier molecular flexibility index (Phi) is 2.41. The molecule has 5 heteroatoms. The fourth-order valence-corrected chi connectivity index (χ4v) is 3.02. The van der Waals surface area contributed by atoms with Crippen LogP contribution in [0.2, 0.25) is 0 Å². The topological polar surface area (TPSA) is 43.2 Å². The number of halogens is 1. The summed E-state index contributed by atoms with van der Waals surface area (Å²) in [5.74, 6) is -0.241. The Morgan fingerprint density at radius 3 is 3.16 bits per heavy atom. The van der Waals surface area contributed by atoms with Crippen LogP contribution in [0.1, 0.15) is 25.3 Å². The van der Waals surface area contributed by atoms with Gasteiger partial charge in [0.2, 0.25) is 0 Å². The molecule has 2 aromatic rings. The molecule has 4 rings (SSSR count). The van der Waals surface area contributed by atoms with E-state index in [1.165, 1.54) is 12.1 Å². The van der Waals surface area contributed by atoms with Crippen molar-refractivity contribution in [2.45, 2.75) is 37.5 Å². The van der Waals surface area contributed by atoms with Crippen molar-refractivity contribution >= 4 is 0 Å². The van der Waals surface area contributed by atoms with E-state index in [0.717, 1.165) is 30.5 Å². The Hall–Kier alpha value is -1.75. The lowest BCUT2D eigenvalue weighted by Gasteiger charge is -2.20. The summed E-state index contributed by atoms with van der Waals surface area (Å²) in [7, 11) is 0. The van der Waals surface area contributed by atoms with Gasteiger partial charge in [0.1, 0.15) is 11.9 Å². The molecule has 1 aromatic carbocycles. The molecule has 2 aliphatic rings. The number of fused-ring (bicyclic) bond motifs is 1. The van der Waals surface area contributed by atoms with Crippen LogP contribution in [0.25, 0.3) is 11.3 Å². The largest absolute Gasteiger partial charge is 0.367 e. The van der Waals surface area contributed by atoms with Gasteiger partial charge in [0.05, 0.1) is 24.0 Å². The van der Waals surface area contributed by atoms with Gasteiger partial charge in [0, 0.05) is 5.56 Å². The van der Waals surface area contributed by atoms with E-state index in [0.29, 0.717) is 6.10 Å². The molecular formula is C14H14FN3O. The highest BCUT2D eigenvalue weighted by atomic mass is 19.1. The van der Waals surface area contributed by atoms with Crippen LogP contribution < -0.4 is 0 Å². The molecule has 1 aliphatic heterocycles. The molecule has 98 valence electrons. The first-order valence-electron chi connectivity index (χ1n) is 6.64. The van der Waals surface area contributed by atoms with Gasteiger partial charge < -0.3 is 4.74 Å². The third kappa shape index (κ3) is 1.85. The zero-order valence-corrected chi connectivity index (χ0v) is 10.4. The van der Waals surface area contributed by atoms with Crippen LogP contribution in [-0.4, -0.2) is 27.2 Å². The molecule has 3 atom stereocenters. The summed E-state index contributed by atoms with van der Waals surface area (Å²) in [6.45, 7) is 0. The highest BCUT2D eigenvalue weighted by Gasteiger charge is 2.48. The first-order chi connectivity index (χ1) is 9.33. The number of ether oxygens (including phenoxy) is 1. The monoisotopic (exact) mass is 259 g/mol. The van der Waals surface area contributed by atoms with Crippen molar-refractivity contribution in [3.8, 4) is 11.3 Å². The lowest BCUT2D eigenvalue weighted by Crippen LogP contribution is -2.22. The van der Waals surface area contributed by atoms with E-state index in [1.807, 2.05) is 10.7 Å². The first kappa shape index (κ1) is 11.1. The average molecular weight is 259 g/mol. The molecule has 0 radical (unpaired) electrons. The second-order valence-electron chi connectivity index (χ2n) is 5.21. The molecule has 19 heavy (non-hydrogen) atoms. The van der Waals surface area contributed by atoms with Gasteiger partial charge >= 0.3 is 0 Å². The Bertz CT molecular complexity index is 612. The van der Waals surface area contributed by atoms with Crippen LogP contribution in [0, 0.1) is 5.82 Å². The van der Waals surface area contributed by atoms with Crippen molar-refractivity contribution in [1.29, 1.82) is 0 Å². The van der Waals surface area contributed by atoms with Crippen molar-refractivity contribution in [3.63, 3.8) is 0 Å². The summed E-state index contributed by atoms with van der Waals surface area (Å²) in [5.41, 5.74) is 1.67. The number of hydrogen-bond donors (Lipinski definition) is 0. The molecule has 0 N–H and O–H groups in total. The lowest BCUT2D eigenvalue weighted by molar-refractivity contribution is 0.302. The summed E-state index contributed by atoms with van der Waals surface area (Å²) in [6.07, 6.45) is 5.69. The van der Waals surface area contributed by atoms with Gasteiger partial charge in [-0.1, -0.05) is 17.3 Å². The Labute approximate surface area is 110 Å². The Balaban J connectivity index is 1.72. The van der Waals surface area contributed by atoms with Gasteiger partial charge in [-0.2, -0.15) is 0 Å². The van der Waals surface area contributed by atoms with E-state index >= 15 is 0 Å². The van der Waals surface area contributed by atoms with Gasteiger partial charge in [0.25, 0.3) is 0 Å². The predicted molar refractivity (Wildman–Crippen MR) is 67.0 cm³/mol. The smallest absolute Gasteiger partial charge is 0.123 e. The van der Waals surface area contributed by atoms with Crippen LogP contribution in [-0.2, 0) is 4.74 Å². The maximum absolute atomic E-state index is 13.3. The molecule has 2 heterocycles. The van der Waals surface area contributed by atoms with E-state index in [4.69, 9.17) is 4.74 Å². The zero-order valence-electron chi connectivity index (χ0n) is 10.4. The third-order valence-corrected chi connectivity index (χ3v) is 4.00. The van der Waals surface area contributed by atoms with E-state index < -0.39 is 0 Å². The van der Waals surface area contributed by atoms with Crippen molar-refractivity contribution in [2.75, 3.05) is 0 Å². The van der Waals surface area contributed by atoms with Crippen LogP contribution in [0.4, 0.5) is 4.39 Å². The first-order valence-corrected chi connectivity index (χ1v) is 6.64. The van der Waals surface area contributed by atoms with Crippen LogP contribution >= 0.6 is 0 Å². The molecule has 0 amide bonds. The van der Waals surface area contributed by atoms with Gasteiger partial charge in [-0.05, 0) is 31.4 Å². The van der Waals surface area contributed by atoms with E-state index in [-0.39, 0.29) is 18.0 Å². The average Bonchev–Trinajstić information content (AvgIpc) is 3.06. The third-order valence-electron chi connectivity index (χ3n) is 4.00. The Morgan fingerprint density at radius 2 is 2.26 bits per heavy atom. The maximum atomic E-state index is 13.3. The van der Waals surface area contributed by atoms with Crippen LogP contribution in [0.15, 0.2) is 30.5 Å². The minimum absolute atomic E-state index is 0.236. The number of aromatic nitrogens is 3. The molecule has 4 nitrogen and oxygen atoms in total. The fraction of sp³-hybridized carbons (Fsp3) is 0.429. The van der Waals surface area contributed by atoms with E-state index in [9.17, 15) is 4.39 Å². The second-order valence-corrected chi connectivity index (χ2v) is 5.21. The van der Waals surface area contributed by atoms with Crippen LogP contribution in [0.5, 0.6) is 0 Å². The number of nitrogens with zero attached hydrogens (tertiary/aromatic N) is 3. The van der Waals surface area contributed by atoms with Gasteiger partial charge in [-0.3, -0.25) is 0 Å². The Morgan fingerprint density at radius 1 is 1.32 bits per heavy atom. The van der Waals surface area contributed by atoms with E-state index in [2.05, 4.69) is 10.3 Å². The number of benzene rings is 1. The molecule has 0 bridgehead atoms. The maximum Gasteiger partial charge on any atom is 0.123 e. The normalized spacial score (nSPS) is 29.0. The van der Waals surface area contributed by atoms with Crippen molar-refractivity contribution < 1.29 is 9.13 Å². The van der Waals surface area contributed by atoms with Gasteiger partial charge in [-0.25, -0.2) is 9.07 Å². The number of hydrogen-bond acceptors (Lipinski definition) is 3. The minimum Gasteiger partial charge on any atom is -0.367 e.